The van der Waals surface area contributed by atoms with Crippen LogP contribution in [0, 0.1) is 12.7 Å². The molecule has 3 aliphatic rings. The van der Waals surface area contributed by atoms with E-state index < -0.39 is 51.0 Å². The average molecular weight is 786 g/mol. The molecular weight excluding hydrogens is 746 g/mol. The summed E-state index contributed by atoms with van der Waals surface area (Å²) >= 11 is 0. The Labute approximate surface area is 322 Å². The van der Waals surface area contributed by atoms with Crippen LogP contribution in [0.2, 0.25) is 0 Å². The van der Waals surface area contributed by atoms with Crippen LogP contribution in [0.15, 0.2) is 59.6 Å². The summed E-state index contributed by atoms with van der Waals surface area (Å²) in [5.41, 5.74) is 0.425. The summed E-state index contributed by atoms with van der Waals surface area (Å²) < 4.78 is 44.2. The van der Waals surface area contributed by atoms with Gasteiger partial charge in [-0.2, -0.15) is 4.98 Å². The molecule has 4 aromatic rings. The number of aryl methyl sites for hydroxylation is 1. The van der Waals surface area contributed by atoms with E-state index in [0.29, 0.717) is 49.3 Å². The van der Waals surface area contributed by atoms with Crippen LogP contribution in [0.5, 0.6) is 0 Å². The van der Waals surface area contributed by atoms with Gasteiger partial charge in [-0.05, 0) is 70.5 Å². The summed E-state index contributed by atoms with van der Waals surface area (Å²) in [5, 5.41) is 17.0. The lowest BCUT2D eigenvalue weighted by molar-refractivity contribution is -0.136. The van der Waals surface area contributed by atoms with Crippen LogP contribution in [0.4, 0.5) is 33.5 Å². The van der Waals surface area contributed by atoms with Crippen molar-refractivity contribution in [1.82, 2.24) is 40.0 Å². The first kappa shape index (κ1) is 38.4. The third kappa shape index (κ3) is 8.05. The molecule has 56 heavy (non-hydrogen) atoms. The Balaban J connectivity index is 0.947. The number of benzene rings is 2. The molecule has 292 valence electrons. The third-order valence-corrected chi connectivity index (χ3v) is 11.2. The van der Waals surface area contributed by atoms with Gasteiger partial charge in [-0.15, -0.1) is 10.2 Å². The molecule has 4 N–H and O–H groups in total. The van der Waals surface area contributed by atoms with E-state index in [-0.39, 0.29) is 46.9 Å². The largest absolute Gasteiger partial charge is 0.353 e. The number of hydrogen-bond acceptors (Lipinski definition) is 14. The molecule has 0 radical (unpaired) electrons. The highest BCUT2D eigenvalue weighted by Crippen LogP contribution is 2.32. The summed E-state index contributed by atoms with van der Waals surface area (Å²) in [6.07, 6.45) is 1.59. The molecule has 5 heterocycles. The SMILES string of the molecule is Cc1cnc(Nc2ccc(N3CCN(Cc4ccc5c(c4F)C(=O)N(C4CCC(=O)NC4=O)C5=O)CC3)nn2)nc1Nc1cccc(S(=O)(=O)NC(C)(C)C)c1. The number of nitrogens with one attached hydrogen (secondary N) is 4. The minimum atomic E-state index is -3.74. The number of amides is 4. The van der Waals surface area contributed by atoms with E-state index in [9.17, 15) is 27.6 Å². The maximum Gasteiger partial charge on any atom is 0.265 e. The molecule has 0 bridgehead atoms. The van der Waals surface area contributed by atoms with Gasteiger partial charge in [-0.3, -0.25) is 34.3 Å². The van der Waals surface area contributed by atoms with Gasteiger partial charge in [0.1, 0.15) is 17.7 Å². The number of piperazine rings is 1. The molecule has 1 unspecified atom stereocenters. The molecule has 0 aliphatic carbocycles. The zero-order chi connectivity index (χ0) is 39.9. The molecule has 2 aromatic carbocycles. The summed E-state index contributed by atoms with van der Waals surface area (Å²) in [6, 6.07) is 11.7. The van der Waals surface area contributed by atoms with Gasteiger partial charge < -0.3 is 15.5 Å². The normalized spacial score (nSPS) is 17.9. The Morgan fingerprint density at radius 1 is 0.946 bits per heavy atom. The fourth-order valence-electron chi connectivity index (χ4n) is 6.70. The minimum Gasteiger partial charge on any atom is -0.353 e. The number of aromatic nitrogens is 4. The first-order valence-corrected chi connectivity index (χ1v) is 19.4. The fraction of sp³-hybridized carbons (Fsp3) is 0.351. The van der Waals surface area contributed by atoms with Gasteiger partial charge >= 0.3 is 0 Å². The van der Waals surface area contributed by atoms with E-state index in [2.05, 4.69) is 40.8 Å². The molecule has 17 nitrogen and oxygen atoms in total. The van der Waals surface area contributed by atoms with E-state index >= 15 is 4.39 Å². The standard InChI is InChI=1S/C37H40FN11O6S/c1-21-19-39-36(43-32(21)40-23-6-5-7-24(18-23)56(54,55)46-37(2,3)4)41-27-11-12-28(45-44-27)48-16-14-47(15-17-48)20-22-8-9-25-30(31(22)38)35(53)49(34(25)52)26-10-13-29(50)42-33(26)51/h5-9,11-12,18-19,26,46H,10,13-17,20H2,1-4H3,(H,42,50,51)(H2,39,40,41,43,44). The molecule has 19 heteroatoms. The van der Waals surface area contributed by atoms with E-state index in [0.717, 1.165) is 10.5 Å². The molecule has 7 rings (SSSR count). The lowest BCUT2D eigenvalue weighted by Gasteiger charge is -2.35. The van der Waals surface area contributed by atoms with Crippen molar-refractivity contribution in [1.29, 1.82) is 0 Å². The Kier molecular flexibility index (Phi) is 10.2. The molecule has 1 atom stereocenters. The quantitative estimate of drug-likeness (QED) is 0.170. The Morgan fingerprint density at radius 2 is 1.71 bits per heavy atom. The number of anilines is 5. The third-order valence-electron chi connectivity index (χ3n) is 9.43. The highest BCUT2D eigenvalue weighted by molar-refractivity contribution is 7.89. The number of fused-ring (bicyclic) bond motifs is 1. The van der Waals surface area contributed by atoms with Crippen LogP contribution in [-0.2, 0) is 26.2 Å². The Morgan fingerprint density at radius 3 is 2.41 bits per heavy atom. The van der Waals surface area contributed by atoms with Gasteiger partial charge in [-0.25, -0.2) is 22.5 Å². The zero-order valence-corrected chi connectivity index (χ0v) is 31.9. The minimum absolute atomic E-state index is 0.0105. The van der Waals surface area contributed by atoms with Crippen molar-refractivity contribution in [3.05, 3.63) is 82.8 Å². The second kappa shape index (κ2) is 15.0. The lowest BCUT2D eigenvalue weighted by Crippen LogP contribution is -2.54. The van der Waals surface area contributed by atoms with Crippen molar-refractivity contribution in [2.24, 2.45) is 0 Å². The Bertz CT molecular complexity index is 2350. The van der Waals surface area contributed by atoms with Crippen LogP contribution >= 0.6 is 0 Å². The number of sulfonamides is 1. The number of imide groups is 2. The van der Waals surface area contributed by atoms with Crippen molar-refractivity contribution in [2.45, 2.75) is 63.6 Å². The van der Waals surface area contributed by atoms with Crippen LogP contribution in [0.3, 0.4) is 0 Å². The predicted molar refractivity (Wildman–Crippen MR) is 202 cm³/mol. The maximum atomic E-state index is 15.8. The fourth-order valence-corrected chi connectivity index (χ4v) is 8.17. The van der Waals surface area contributed by atoms with Crippen molar-refractivity contribution in [2.75, 3.05) is 41.7 Å². The topological polar surface area (TPSA) is 212 Å². The Hall–Kier alpha value is -5.92. The molecule has 4 amide bonds. The van der Waals surface area contributed by atoms with Gasteiger partial charge in [0.25, 0.3) is 11.8 Å². The molecule has 0 saturated carbocycles. The highest BCUT2D eigenvalue weighted by atomic mass is 32.2. The van der Waals surface area contributed by atoms with Crippen LogP contribution in [0.25, 0.3) is 0 Å². The maximum absolute atomic E-state index is 15.8. The number of nitrogens with zero attached hydrogens (tertiary/aromatic N) is 7. The lowest BCUT2D eigenvalue weighted by atomic mass is 10.0. The van der Waals surface area contributed by atoms with Gasteiger partial charge in [0.05, 0.1) is 16.0 Å². The van der Waals surface area contributed by atoms with Crippen molar-refractivity contribution < 1.29 is 32.0 Å². The first-order chi connectivity index (χ1) is 26.6. The van der Waals surface area contributed by atoms with Gasteiger partial charge in [0, 0.05) is 67.7 Å². The second-order valence-electron chi connectivity index (χ2n) is 14.8. The highest BCUT2D eigenvalue weighted by Gasteiger charge is 2.46. The number of carbonyl (C=O) groups is 4. The van der Waals surface area contributed by atoms with E-state index in [1.807, 2.05) is 22.8 Å². The van der Waals surface area contributed by atoms with Crippen LogP contribution < -0.4 is 25.6 Å². The number of rotatable bonds is 10. The second-order valence-corrected chi connectivity index (χ2v) is 16.5. The van der Waals surface area contributed by atoms with Gasteiger partial charge in [-0.1, -0.05) is 12.1 Å². The molecule has 2 aromatic heterocycles. The molecule has 0 spiro atoms. The van der Waals surface area contributed by atoms with E-state index in [1.54, 1.807) is 45.2 Å². The van der Waals surface area contributed by atoms with Crippen molar-refractivity contribution in [3.8, 4) is 0 Å². The zero-order valence-electron chi connectivity index (χ0n) is 31.1. The van der Waals surface area contributed by atoms with Gasteiger partial charge in [0.15, 0.2) is 11.6 Å². The van der Waals surface area contributed by atoms with E-state index in [1.165, 1.54) is 24.3 Å². The average Bonchev–Trinajstić information content (AvgIpc) is 3.39. The molecule has 2 saturated heterocycles. The summed E-state index contributed by atoms with van der Waals surface area (Å²) in [7, 11) is -3.74. The molecule has 2 fully saturated rings. The first-order valence-electron chi connectivity index (χ1n) is 17.9. The smallest absolute Gasteiger partial charge is 0.265 e. The number of halogens is 1. The summed E-state index contributed by atoms with van der Waals surface area (Å²) in [4.78, 5) is 64.1. The number of hydrogen-bond donors (Lipinski definition) is 4. The summed E-state index contributed by atoms with van der Waals surface area (Å²) in [5.74, 6) is -1.90. The summed E-state index contributed by atoms with van der Waals surface area (Å²) in [6.45, 7) is 9.60. The molecule has 3 aliphatic heterocycles. The number of piperidine rings is 1. The molecular formula is C37H40FN11O6S. The van der Waals surface area contributed by atoms with Crippen LogP contribution in [-0.4, -0.2) is 99.8 Å². The number of carbonyl (C=O) groups excluding carboxylic acids is 4. The van der Waals surface area contributed by atoms with Crippen molar-refractivity contribution in [3.63, 3.8) is 0 Å². The van der Waals surface area contributed by atoms with Crippen LogP contribution in [0.1, 0.15) is 65.5 Å². The predicted octanol–water partition coefficient (Wildman–Crippen LogP) is 3.00. The monoisotopic (exact) mass is 785 g/mol. The van der Waals surface area contributed by atoms with Crippen molar-refractivity contribution >= 4 is 62.7 Å². The van der Waals surface area contributed by atoms with Gasteiger partial charge in [0.2, 0.25) is 27.8 Å². The van der Waals surface area contributed by atoms with E-state index in [4.69, 9.17) is 0 Å².